The van der Waals surface area contributed by atoms with E-state index in [1.54, 1.807) is 11.0 Å². The van der Waals surface area contributed by atoms with E-state index >= 15 is 0 Å². The summed E-state index contributed by atoms with van der Waals surface area (Å²) in [7, 11) is -1.27. The highest BCUT2D eigenvalue weighted by Gasteiger charge is 2.19. The summed E-state index contributed by atoms with van der Waals surface area (Å²) in [6, 6.07) is 5.62. The van der Waals surface area contributed by atoms with E-state index in [1.807, 2.05) is 0 Å². The molecule has 0 aliphatic carbocycles. The topological polar surface area (TPSA) is 49.4 Å². The number of carbonyl (C=O) groups is 1. The van der Waals surface area contributed by atoms with E-state index in [-0.39, 0.29) is 6.03 Å². The Bertz CT molecular complexity index is 453. The molecule has 0 aromatic heterocycles. The van der Waals surface area contributed by atoms with E-state index in [9.17, 15) is 13.4 Å². The Kier molecular flexibility index (Phi) is 3.73. The molecule has 6 heteroatoms. The van der Waals surface area contributed by atoms with Crippen molar-refractivity contribution >= 4 is 16.8 Å². The van der Waals surface area contributed by atoms with Crippen LogP contribution in [0.3, 0.4) is 0 Å². The zero-order valence-corrected chi connectivity index (χ0v) is 10.0. The molecule has 0 radical (unpaired) electrons. The second-order valence-corrected chi connectivity index (χ2v) is 5.30. The fourth-order valence-corrected chi connectivity index (χ4v) is 2.74. The molecule has 1 aliphatic heterocycles. The maximum Gasteiger partial charge on any atom is 0.317 e. The molecule has 1 aromatic carbocycles. The summed E-state index contributed by atoms with van der Waals surface area (Å²) < 4.78 is 24.8. The lowest BCUT2D eigenvalue weighted by atomic mass is 10.4. The van der Waals surface area contributed by atoms with Gasteiger partial charge in [-0.2, -0.15) is 0 Å². The quantitative estimate of drug-likeness (QED) is 0.872. The van der Waals surface area contributed by atoms with Gasteiger partial charge in [-0.05, 0) is 18.2 Å². The van der Waals surface area contributed by atoms with Crippen LogP contribution in [0.25, 0.3) is 0 Å². The lowest BCUT2D eigenvalue weighted by molar-refractivity contribution is 0.220. The number of carbonyl (C=O) groups excluding carboxylic acids is 1. The van der Waals surface area contributed by atoms with Crippen molar-refractivity contribution in [1.29, 1.82) is 0 Å². The predicted molar refractivity (Wildman–Crippen MR) is 62.6 cm³/mol. The monoisotopic (exact) mass is 256 g/mol. The SMILES string of the molecule is O=C1NCCN1CCS(=O)c1cccc(F)c1. The van der Waals surface area contributed by atoms with E-state index in [1.165, 1.54) is 18.2 Å². The molecule has 1 saturated heterocycles. The van der Waals surface area contributed by atoms with Crippen LogP contribution < -0.4 is 5.32 Å². The van der Waals surface area contributed by atoms with Crippen LogP contribution >= 0.6 is 0 Å². The van der Waals surface area contributed by atoms with Crippen LogP contribution in [0.1, 0.15) is 0 Å². The average molecular weight is 256 g/mol. The van der Waals surface area contributed by atoms with Gasteiger partial charge in [0.05, 0.1) is 10.8 Å². The number of nitrogens with zero attached hydrogens (tertiary/aromatic N) is 1. The fourth-order valence-electron chi connectivity index (χ4n) is 1.64. The Balaban J connectivity index is 1.91. The van der Waals surface area contributed by atoms with E-state index in [0.29, 0.717) is 30.3 Å². The number of nitrogens with one attached hydrogen (secondary N) is 1. The highest BCUT2D eigenvalue weighted by Crippen LogP contribution is 2.09. The van der Waals surface area contributed by atoms with Gasteiger partial charge in [0, 0.05) is 30.3 Å². The normalized spacial score (nSPS) is 17.0. The van der Waals surface area contributed by atoms with Crippen LogP contribution in [-0.2, 0) is 10.8 Å². The first-order valence-electron chi connectivity index (χ1n) is 5.33. The Morgan fingerprint density at radius 3 is 2.94 bits per heavy atom. The number of halogens is 1. The van der Waals surface area contributed by atoms with Crippen LogP contribution in [0.15, 0.2) is 29.2 Å². The smallest absolute Gasteiger partial charge is 0.317 e. The minimum Gasteiger partial charge on any atom is -0.336 e. The molecule has 2 amide bonds. The standard InChI is InChI=1S/C11H13FN2O2S/c12-9-2-1-3-10(8-9)17(16)7-6-14-5-4-13-11(14)15/h1-3,8H,4-7H2,(H,13,15). The molecule has 2 rings (SSSR count). The van der Waals surface area contributed by atoms with Gasteiger partial charge in [-0.3, -0.25) is 4.21 Å². The second kappa shape index (κ2) is 5.27. The first kappa shape index (κ1) is 12.0. The van der Waals surface area contributed by atoms with Gasteiger partial charge in [-0.1, -0.05) is 6.07 Å². The van der Waals surface area contributed by atoms with E-state index in [2.05, 4.69) is 5.32 Å². The van der Waals surface area contributed by atoms with Crippen molar-refractivity contribution in [2.45, 2.75) is 4.90 Å². The van der Waals surface area contributed by atoms with Crippen molar-refractivity contribution < 1.29 is 13.4 Å². The molecular weight excluding hydrogens is 243 g/mol. The van der Waals surface area contributed by atoms with Crippen molar-refractivity contribution in [3.63, 3.8) is 0 Å². The summed E-state index contributed by atoms with van der Waals surface area (Å²) in [4.78, 5) is 13.3. The summed E-state index contributed by atoms with van der Waals surface area (Å²) >= 11 is 0. The summed E-state index contributed by atoms with van der Waals surface area (Å²) in [5.74, 6) is -0.0635. The van der Waals surface area contributed by atoms with Gasteiger partial charge in [0.15, 0.2) is 0 Å². The summed E-state index contributed by atoms with van der Waals surface area (Å²) in [6.07, 6.45) is 0. The third kappa shape index (κ3) is 3.03. The highest BCUT2D eigenvalue weighted by atomic mass is 32.2. The largest absolute Gasteiger partial charge is 0.336 e. The maximum absolute atomic E-state index is 12.9. The van der Waals surface area contributed by atoms with E-state index < -0.39 is 16.6 Å². The lowest BCUT2D eigenvalue weighted by Gasteiger charge is -2.13. The number of amides is 2. The molecule has 1 unspecified atom stereocenters. The third-order valence-corrected chi connectivity index (χ3v) is 3.88. The van der Waals surface area contributed by atoms with Crippen LogP contribution in [0, 0.1) is 5.82 Å². The highest BCUT2D eigenvalue weighted by molar-refractivity contribution is 7.85. The summed E-state index contributed by atoms with van der Waals surface area (Å²) in [6.45, 7) is 1.69. The number of urea groups is 1. The van der Waals surface area contributed by atoms with Crippen LogP contribution in [-0.4, -0.2) is 40.5 Å². The van der Waals surface area contributed by atoms with Gasteiger partial charge >= 0.3 is 6.03 Å². The molecule has 1 fully saturated rings. The van der Waals surface area contributed by atoms with Crippen molar-refractivity contribution in [1.82, 2.24) is 10.2 Å². The van der Waals surface area contributed by atoms with Crippen LogP contribution in [0.4, 0.5) is 9.18 Å². The Morgan fingerprint density at radius 1 is 1.47 bits per heavy atom. The van der Waals surface area contributed by atoms with Gasteiger partial charge in [-0.25, -0.2) is 9.18 Å². The van der Waals surface area contributed by atoms with Gasteiger partial charge in [0.25, 0.3) is 0 Å². The van der Waals surface area contributed by atoms with Gasteiger partial charge in [0.1, 0.15) is 5.82 Å². The molecule has 1 N–H and O–H groups in total. The molecule has 0 spiro atoms. The van der Waals surface area contributed by atoms with E-state index in [0.717, 1.165) is 0 Å². The lowest BCUT2D eigenvalue weighted by Crippen LogP contribution is -2.31. The van der Waals surface area contributed by atoms with Crippen molar-refractivity contribution in [3.05, 3.63) is 30.1 Å². The zero-order valence-electron chi connectivity index (χ0n) is 9.19. The minimum absolute atomic E-state index is 0.124. The first-order valence-corrected chi connectivity index (χ1v) is 6.65. The van der Waals surface area contributed by atoms with Crippen LogP contribution in [0.5, 0.6) is 0 Å². The third-order valence-electron chi connectivity index (χ3n) is 2.55. The number of hydrogen-bond acceptors (Lipinski definition) is 2. The van der Waals surface area contributed by atoms with Gasteiger partial charge in [0.2, 0.25) is 0 Å². The number of benzene rings is 1. The zero-order chi connectivity index (χ0) is 12.3. The number of rotatable bonds is 4. The van der Waals surface area contributed by atoms with Gasteiger partial charge in [-0.15, -0.1) is 0 Å². The van der Waals surface area contributed by atoms with Crippen molar-refractivity contribution in [2.24, 2.45) is 0 Å². The van der Waals surface area contributed by atoms with E-state index in [4.69, 9.17) is 0 Å². The first-order chi connectivity index (χ1) is 8.16. The molecule has 4 nitrogen and oxygen atoms in total. The van der Waals surface area contributed by atoms with Gasteiger partial charge < -0.3 is 10.2 Å². The molecule has 17 heavy (non-hydrogen) atoms. The molecule has 1 aromatic rings. The van der Waals surface area contributed by atoms with Crippen molar-refractivity contribution in [2.75, 3.05) is 25.4 Å². The molecule has 0 bridgehead atoms. The van der Waals surface area contributed by atoms with Crippen molar-refractivity contribution in [3.8, 4) is 0 Å². The molecule has 92 valence electrons. The number of hydrogen-bond donors (Lipinski definition) is 1. The molecule has 0 saturated carbocycles. The predicted octanol–water partition coefficient (Wildman–Crippen LogP) is 0.958. The molecule has 1 heterocycles. The Labute approximate surface area is 101 Å². The Morgan fingerprint density at radius 2 is 2.29 bits per heavy atom. The molecular formula is C11H13FN2O2S. The summed E-state index contributed by atoms with van der Waals surface area (Å²) in [5, 5.41) is 2.67. The maximum atomic E-state index is 12.9. The van der Waals surface area contributed by atoms with Crippen LogP contribution in [0.2, 0.25) is 0 Å². The fraction of sp³-hybridized carbons (Fsp3) is 0.364. The second-order valence-electron chi connectivity index (χ2n) is 3.73. The average Bonchev–Trinajstić information content (AvgIpc) is 2.72. The molecule has 1 atom stereocenters. The minimum atomic E-state index is -1.27. The molecule has 1 aliphatic rings. The summed E-state index contributed by atoms with van der Waals surface area (Å²) in [5.41, 5.74) is 0. The Hall–Kier alpha value is -1.43.